The van der Waals surface area contributed by atoms with E-state index in [1.807, 2.05) is 12.1 Å². The lowest BCUT2D eigenvalue weighted by Gasteiger charge is -2.30. The van der Waals surface area contributed by atoms with Gasteiger partial charge in [0.1, 0.15) is 11.5 Å². The maximum atomic E-state index is 12.2. The average molecular weight is 293 g/mol. The lowest BCUT2D eigenvalue weighted by molar-refractivity contribution is 0.0946. The number of para-hydroxylation sites is 1. The second-order valence-corrected chi connectivity index (χ2v) is 6.01. The maximum Gasteiger partial charge on any atom is 0.270 e. The minimum atomic E-state index is -0.0605. The molecule has 2 heterocycles. The summed E-state index contributed by atoms with van der Waals surface area (Å²) < 4.78 is 0. The molecule has 1 fully saturated rings. The van der Waals surface area contributed by atoms with Crippen LogP contribution in [-0.2, 0) is 6.42 Å². The average Bonchev–Trinajstić information content (AvgIpc) is 3.38. The van der Waals surface area contributed by atoms with Crippen LogP contribution in [0.3, 0.4) is 0 Å². The van der Waals surface area contributed by atoms with E-state index in [9.17, 15) is 4.79 Å². The van der Waals surface area contributed by atoms with Crippen LogP contribution in [0.4, 0.5) is 11.5 Å². The molecule has 1 N–H and O–H groups in total. The van der Waals surface area contributed by atoms with E-state index in [-0.39, 0.29) is 5.91 Å². The summed E-state index contributed by atoms with van der Waals surface area (Å²) >= 11 is 0. The molecular weight excluding hydrogens is 274 g/mol. The molecule has 1 aromatic carbocycles. The fraction of sp³-hybridized carbons (Fsp3) is 0.333. The number of amides is 1. The van der Waals surface area contributed by atoms with Crippen LogP contribution >= 0.6 is 0 Å². The highest BCUT2D eigenvalue weighted by molar-refractivity contribution is 5.93. The van der Waals surface area contributed by atoms with Crippen molar-refractivity contribution in [2.45, 2.75) is 31.7 Å². The Kier molecular flexibility index (Phi) is 3.29. The van der Waals surface area contributed by atoms with Gasteiger partial charge in [0, 0.05) is 18.3 Å². The Bertz CT molecular complexity index is 709. The maximum absolute atomic E-state index is 12.2. The van der Waals surface area contributed by atoms with Gasteiger partial charge < -0.3 is 10.2 Å². The minimum Gasteiger partial charge on any atom is -0.348 e. The highest BCUT2D eigenvalue weighted by Crippen LogP contribution is 2.32. The van der Waals surface area contributed by atoms with Crippen LogP contribution in [0.1, 0.15) is 35.3 Å². The van der Waals surface area contributed by atoms with E-state index in [0.717, 1.165) is 38.0 Å². The Morgan fingerprint density at radius 2 is 2.00 bits per heavy atom. The van der Waals surface area contributed by atoms with Gasteiger partial charge in [-0.15, -0.1) is 0 Å². The molecule has 2 aromatic rings. The standard InChI is InChI=1S/C18H19N3O/c22-18(19-14-10-11-14)15-7-3-9-17(20-15)21-12-4-6-13-5-1-2-8-16(13)21/h1-3,5,7-9,14H,4,6,10-12H2,(H,19,22). The number of fused-ring (bicyclic) bond motifs is 1. The van der Waals surface area contributed by atoms with Crippen LogP contribution in [-0.4, -0.2) is 23.5 Å². The summed E-state index contributed by atoms with van der Waals surface area (Å²) in [5, 5.41) is 3.00. The predicted molar refractivity (Wildman–Crippen MR) is 86.5 cm³/mol. The lowest BCUT2D eigenvalue weighted by atomic mass is 10.0. The predicted octanol–water partition coefficient (Wildman–Crippen LogP) is 3.06. The van der Waals surface area contributed by atoms with Gasteiger partial charge in [0.15, 0.2) is 0 Å². The summed E-state index contributed by atoms with van der Waals surface area (Å²) in [5.74, 6) is 0.797. The van der Waals surface area contributed by atoms with Crippen LogP contribution in [0.15, 0.2) is 42.5 Å². The zero-order valence-electron chi connectivity index (χ0n) is 12.5. The van der Waals surface area contributed by atoms with Crippen molar-refractivity contribution in [3.63, 3.8) is 0 Å². The van der Waals surface area contributed by atoms with E-state index in [0.29, 0.717) is 11.7 Å². The zero-order chi connectivity index (χ0) is 14.9. The van der Waals surface area contributed by atoms with Gasteiger partial charge in [0.25, 0.3) is 5.91 Å². The molecule has 4 rings (SSSR count). The third-order valence-electron chi connectivity index (χ3n) is 4.27. The number of pyridine rings is 1. The molecule has 112 valence electrons. The topological polar surface area (TPSA) is 45.2 Å². The third kappa shape index (κ3) is 2.56. The van der Waals surface area contributed by atoms with E-state index < -0.39 is 0 Å². The van der Waals surface area contributed by atoms with Crippen LogP contribution in [0.5, 0.6) is 0 Å². The molecular formula is C18H19N3O. The highest BCUT2D eigenvalue weighted by Gasteiger charge is 2.25. The van der Waals surface area contributed by atoms with Gasteiger partial charge in [-0.25, -0.2) is 4.98 Å². The first kappa shape index (κ1) is 13.3. The summed E-state index contributed by atoms with van der Waals surface area (Å²) in [6.07, 6.45) is 4.39. The number of aromatic nitrogens is 1. The second kappa shape index (κ2) is 5.44. The van der Waals surface area contributed by atoms with Gasteiger partial charge in [-0.3, -0.25) is 4.79 Å². The lowest BCUT2D eigenvalue weighted by Crippen LogP contribution is -2.28. The summed E-state index contributed by atoms with van der Waals surface area (Å²) in [6.45, 7) is 0.942. The molecule has 1 aliphatic heterocycles. The molecule has 0 unspecified atom stereocenters. The molecule has 0 bridgehead atoms. The SMILES string of the molecule is O=C(NC1CC1)c1cccc(N2CCCc3ccccc32)n1. The second-order valence-electron chi connectivity index (χ2n) is 6.01. The third-order valence-corrected chi connectivity index (χ3v) is 4.27. The van der Waals surface area contributed by atoms with Crippen LogP contribution in [0, 0.1) is 0 Å². The van der Waals surface area contributed by atoms with E-state index in [1.54, 1.807) is 6.07 Å². The number of rotatable bonds is 3. The van der Waals surface area contributed by atoms with Crippen molar-refractivity contribution in [3.05, 3.63) is 53.7 Å². The van der Waals surface area contributed by atoms with E-state index in [2.05, 4.69) is 39.5 Å². The van der Waals surface area contributed by atoms with Crippen molar-refractivity contribution in [3.8, 4) is 0 Å². The summed E-state index contributed by atoms with van der Waals surface area (Å²) in [5.41, 5.74) is 3.07. The Morgan fingerprint density at radius 1 is 1.14 bits per heavy atom. The number of hydrogen-bond acceptors (Lipinski definition) is 3. The number of carbonyl (C=O) groups is 1. The summed E-state index contributed by atoms with van der Waals surface area (Å²) in [4.78, 5) is 19.0. The normalized spacial score (nSPS) is 17.0. The first-order valence-corrected chi connectivity index (χ1v) is 7.94. The Balaban J connectivity index is 1.64. The van der Waals surface area contributed by atoms with Crippen molar-refractivity contribution >= 4 is 17.4 Å². The van der Waals surface area contributed by atoms with E-state index in [1.165, 1.54) is 11.3 Å². The van der Waals surface area contributed by atoms with Crippen molar-refractivity contribution < 1.29 is 4.79 Å². The first-order chi connectivity index (χ1) is 10.8. The number of anilines is 2. The molecule has 1 aromatic heterocycles. The van der Waals surface area contributed by atoms with Gasteiger partial charge in [0.2, 0.25) is 0 Å². The van der Waals surface area contributed by atoms with Crippen molar-refractivity contribution in [1.82, 2.24) is 10.3 Å². The highest BCUT2D eigenvalue weighted by atomic mass is 16.2. The van der Waals surface area contributed by atoms with Gasteiger partial charge in [-0.2, -0.15) is 0 Å². The molecule has 1 aliphatic carbocycles. The number of hydrogen-bond donors (Lipinski definition) is 1. The van der Waals surface area contributed by atoms with Crippen LogP contribution < -0.4 is 10.2 Å². The largest absolute Gasteiger partial charge is 0.348 e. The fourth-order valence-electron chi connectivity index (χ4n) is 2.96. The molecule has 4 heteroatoms. The van der Waals surface area contributed by atoms with Gasteiger partial charge in [0.05, 0.1) is 0 Å². The monoisotopic (exact) mass is 293 g/mol. The van der Waals surface area contributed by atoms with E-state index in [4.69, 9.17) is 0 Å². The molecule has 22 heavy (non-hydrogen) atoms. The summed E-state index contributed by atoms with van der Waals surface area (Å²) in [7, 11) is 0. The van der Waals surface area contributed by atoms with Gasteiger partial charge >= 0.3 is 0 Å². The van der Waals surface area contributed by atoms with Crippen molar-refractivity contribution in [1.29, 1.82) is 0 Å². The molecule has 2 aliphatic rings. The molecule has 1 amide bonds. The van der Waals surface area contributed by atoms with Gasteiger partial charge in [-0.1, -0.05) is 24.3 Å². The van der Waals surface area contributed by atoms with Crippen LogP contribution in [0.2, 0.25) is 0 Å². The van der Waals surface area contributed by atoms with Crippen LogP contribution in [0.25, 0.3) is 0 Å². The molecule has 4 nitrogen and oxygen atoms in total. The number of benzene rings is 1. The number of nitrogens with one attached hydrogen (secondary N) is 1. The first-order valence-electron chi connectivity index (χ1n) is 7.94. The molecule has 1 saturated carbocycles. The summed E-state index contributed by atoms with van der Waals surface area (Å²) in [6, 6.07) is 14.5. The zero-order valence-corrected chi connectivity index (χ0v) is 12.5. The Morgan fingerprint density at radius 3 is 2.86 bits per heavy atom. The fourth-order valence-corrected chi connectivity index (χ4v) is 2.96. The van der Waals surface area contributed by atoms with E-state index >= 15 is 0 Å². The molecule has 0 saturated heterocycles. The molecule has 0 spiro atoms. The number of nitrogens with zero attached hydrogens (tertiary/aromatic N) is 2. The Labute approximate surface area is 130 Å². The van der Waals surface area contributed by atoms with Crippen molar-refractivity contribution in [2.75, 3.05) is 11.4 Å². The number of aryl methyl sites for hydroxylation is 1. The smallest absolute Gasteiger partial charge is 0.270 e. The Hall–Kier alpha value is -2.36. The minimum absolute atomic E-state index is 0.0605. The van der Waals surface area contributed by atoms with Gasteiger partial charge in [-0.05, 0) is 49.4 Å². The number of carbonyl (C=O) groups excluding carboxylic acids is 1. The van der Waals surface area contributed by atoms with Crippen molar-refractivity contribution in [2.24, 2.45) is 0 Å². The quantitative estimate of drug-likeness (QED) is 0.946. The molecule has 0 radical (unpaired) electrons. The molecule has 0 atom stereocenters.